The third kappa shape index (κ3) is 3.31. The van der Waals surface area contributed by atoms with Crippen LogP contribution < -0.4 is 0 Å². The molecule has 0 saturated heterocycles. The van der Waals surface area contributed by atoms with Crippen molar-refractivity contribution in [3.63, 3.8) is 0 Å². The first-order chi connectivity index (χ1) is 10.7. The van der Waals surface area contributed by atoms with E-state index in [-0.39, 0.29) is 11.7 Å². The van der Waals surface area contributed by atoms with Gasteiger partial charge in [-0.05, 0) is 18.9 Å². The van der Waals surface area contributed by atoms with Gasteiger partial charge in [-0.15, -0.1) is 0 Å². The van der Waals surface area contributed by atoms with E-state index in [2.05, 4.69) is 0 Å². The van der Waals surface area contributed by atoms with Gasteiger partial charge in [-0.1, -0.05) is 24.6 Å². The van der Waals surface area contributed by atoms with E-state index >= 15 is 0 Å². The van der Waals surface area contributed by atoms with E-state index in [1.165, 1.54) is 6.07 Å². The standard InChI is InChI=1S/C17H24FNO3/c1-21-12-10-19(11-13-22-2)16(20)17(8-5-9-17)14-6-3-4-7-15(14)18/h3-4,6-7H,5,8-13H2,1-2H3. The number of hydrogen-bond acceptors (Lipinski definition) is 3. The number of hydrogen-bond donors (Lipinski definition) is 0. The van der Waals surface area contributed by atoms with Crippen LogP contribution in [0, 0.1) is 5.82 Å². The lowest BCUT2D eigenvalue weighted by molar-refractivity contribution is -0.142. The van der Waals surface area contributed by atoms with Crippen molar-refractivity contribution >= 4 is 5.91 Å². The number of nitrogens with zero attached hydrogens (tertiary/aromatic N) is 1. The third-order valence-corrected chi connectivity index (χ3v) is 4.42. The lowest BCUT2D eigenvalue weighted by atomic mass is 9.63. The number of rotatable bonds is 8. The average Bonchev–Trinajstić information content (AvgIpc) is 2.48. The molecule has 0 spiro atoms. The molecule has 1 saturated carbocycles. The molecule has 1 aliphatic carbocycles. The molecule has 0 aliphatic heterocycles. The van der Waals surface area contributed by atoms with Crippen molar-refractivity contribution in [2.24, 2.45) is 0 Å². The molecule has 122 valence electrons. The predicted molar refractivity (Wildman–Crippen MR) is 82.3 cm³/mol. The van der Waals surface area contributed by atoms with Gasteiger partial charge in [0.25, 0.3) is 0 Å². The Balaban J connectivity index is 2.23. The average molecular weight is 309 g/mol. The molecule has 0 bridgehead atoms. The summed E-state index contributed by atoms with van der Waals surface area (Å²) < 4.78 is 24.4. The lowest BCUT2D eigenvalue weighted by Gasteiger charge is -2.44. The van der Waals surface area contributed by atoms with Crippen molar-refractivity contribution in [2.75, 3.05) is 40.5 Å². The number of ether oxygens (including phenoxy) is 2. The minimum absolute atomic E-state index is 0.0158. The third-order valence-electron chi connectivity index (χ3n) is 4.42. The summed E-state index contributed by atoms with van der Waals surface area (Å²) in [4.78, 5) is 14.8. The predicted octanol–water partition coefficient (Wildman–Crippen LogP) is 2.37. The summed E-state index contributed by atoms with van der Waals surface area (Å²) in [5.74, 6) is -0.313. The second kappa shape index (κ2) is 7.70. The van der Waals surface area contributed by atoms with Gasteiger partial charge in [0.1, 0.15) is 5.82 Å². The first-order valence-electron chi connectivity index (χ1n) is 7.68. The van der Waals surface area contributed by atoms with Crippen molar-refractivity contribution in [1.29, 1.82) is 0 Å². The summed E-state index contributed by atoms with van der Waals surface area (Å²) in [6, 6.07) is 6.61. The van der Waals surface area contributed by atoms with Crippen molar-refractivity contribution < 1.29 is 18.7 Å². The first-order valence-corrected chi connectivity index (χ1v) is 7.68. The summed E-state index contributed by atoms with van der Waals surface area (Å²) in [6.45, 7) is 1.91. The van der Waals surface area contributed by atoms with Crippen LogP contribution >= 0.6 is 0 Å². The van der Waals surface area contributed by atoms with Gasteiger partial charge in [0.15, 0.2) is 0 Å². The normalized spacial score (nSPS) is 16.1. The van der Waals surface area contributed by atoms with Gasteiger partial charge < -0.3 is 14.4 Å². The summed E-state index contributed by atoms with van der Waals surface area (Å²) in [5, 5.41) is 0. The quantitative estimate of drug-likeness (QED) is 0.740. The molecule has 1 fully saturated rings. The number of methoxy groups -OCH3 is 2. The zero-order chi connectivity index (χ0) is 16.0. The fourth-order valence-corrected chi connectivity index (χ4v) is 3.00. The molecule has 2 rings (SSSR count). The van der Waals surface area contributed by atoms with E-state index in [4.69, 9.17) is 9.47 Å². The van der Waals surface area contributed by atoms with Gasteiger partial charge in [-0.3, -0.25) is 4.79 Å². The second-order valence-corrected chi connectivity index (χ2v) is 5.69. The second-order valence-electron chi connectivity index (χ2n) is 5.69. The Bertz CT molecular complexity index is 494. The van der Waals surface area contributed by atoms with Crippen LogP contribution in [0.5, 0.6) is 0 Å². The van der Waals surface area contributed by atoms with Crippen LogP contribution in [0.1, 0.15) is 24.8 Å². The molecule has 1 aromatic carbocycles. The fourth-order valence-electron chi connectivity index (χ4n) is 3.00. The van der Waals surface area contributed by atoms with Gasteiger partial charge in [-0.2, -0.15) is 0 Å². The highest BCUT2D eigenvalue weighted by Gasteiger charge is 2.48. The van der Waals surface area contributed by atoms with E-state index in [1.807, 2.05) is 0 Å². The zero-order valence-corrected chi connectivity index (χ0v) is 13.3. The van der Waals surface area contributed by atoms with Crippen LogP contribution in [-0.4, -0.2) is 51.3 Å². The molecule has 0 atom stereocenters. The van der Waals surface area contributed by atoms with Gasteiger partial charge in [-0.25, -0.2) is 4.39 Å². The SMILES string of the molecule is COCCN(CCOC)C(=O)C1(c2ccccc2F)CCC1. The minimum Gasteiger partial charge on any atom is -0.383 e. The maximum atomic E-state index is 14.2. The summed E-state index contributed by atoms with van der Waals surface area (Å²) in [7, 11) is 3.21. The maximum absolute atomic E-state index is 14.2. The molecule has 1 aliphatic rings. The van der Waals surface area contributed by atoms with Crippen molar-refractivity contribution in [3.8, 4) is 0 Å². The molecule has 0 unspecified atom stereocenters. The molecule has 22 heavy (non-hydrogen) atoms. The summed E-state index contributed by atoms with van der Waals surface area (Å²) >= 11 is 0. The molecule has 1 amide bonds. The minimum atomic E-state index is -0.715. The highest BCUT2D eigenvalue weighted by atomic mass is 19.1. The molecule has 0 N–H and O–H groups in total. The molecular formula is C17H24FNO3. The van der Waals surface area contributed by atoms with Crippen LogP contribution in [0.3, 0.4) is 0 Å². The lowest BCUT2D eigenvalue weighted by Crippen LogP contribution is -2.53. The van der Waals surface area contributed by atoms with Gasteiger partial charge >= 0.3 is 0 Å². The van der Waals surface area contributed by atoms with Gasteiger partial charge in [0.05, 0.1) is 18.6 Å². The van der Waals surface area contributed by atoms with Crippen molar-refractivity contribution in [2.45, 2.75) is 24.7 Å². The number of amides is 1. The molecule has 0 aromatic heterocycles. The van der Waals surface area contributed by atoms with Crippen molar-refractivity contribution in [1.82, 2.24) is 4.90 Å². The number of benzene rings is 1. The van der Waals surface area contributed by atoms with Gasteiger partial charge in [0, 0.05) is 32.9 Å². The number of carbonyl (C=O) groups is 1. The smallest absolute Gasteiger partial charge is 0.233 e. The van der Waals surface area contributed by atoms with Crippen LogP contribution in [0.2, 0.25) is 0 Å². The molecule has 4 nitrogen and oxygen atoms in total. The zero-order valence-electron chi connectivity index (χ0n) is 13.3. The number of carbonyl (C=O) groups excluding carboxylic acids is 1. The summed E-state index contributed by atoms with van der Waals surface area (Å²) in [6.07, 6.45) is 2.34. The largest absolute Gasteiger partial charge is 0.383 e. The Kier molecular flexibility index (Phi) is 5.91. The van der Waals surface area contributed by atoms with E-state index in [0.29, 0.717) is 44.7 Å². The van der Waals surface area contributed by atoms with Crippen LogP contribution in [0.15, 0.2) is 24.3 Å². The highest BCUT2D eigenvalue weighted by Crippen LogP contribution is 2.46. The maximum Gasteiger partial charge on any atom is 0.233 e. The monoisotopic (exact) mass is 309 g/mol. The number of halogens is 1. The first kappa shape index (κ1) is 16.9. The Labute approximate surface area is 131 Å². The highest BCUT2D eigenvalue weighted by molar-refractivity contribution is 5.89. The molecule has 1 aromatic rings. The van der Waals surface area contributed by atoms with Crippen LogP contribution in [0.4, 0.5) is 4.39 Å². The Morgan fingerprint density at radius 2 is 1.77 bits per heavy atom. The Morgan fingerprint density at radius 3 is 2.23 bits per heavy atom. The fraction of sp³-hybridized carbons (Fsp3) is 0.588. The van der Waals surface area contributed by atoms with Crippen LogP contribution in [-0.2, 0) is 19.7 Å². The Morgan fingerprint density at radius 1 is 1.18 bits per heavy atom. The van der Waals surface area contributed by atoms with E-state index in [1.54, 1.807) is 37.3 Å². The van der Waals surface area contributed by atoms with Crippen molar-refractivity contribution in [3.05, 3.63) is 35.6 Å². The Hall–Kier alpha value is -1.46. The summed E-state index contributed by atoms with van der Waals surface area (Å²) in [5.41, 5.74) is -0.196. The molecule has 0 heterocycles. The molecular weight excluding hydrogens is 285 g/mol. The van der Waals surface area contributed by atoms with E-state index < -0.39 is 5.41 Å². The molecule has 5 heteroatoms. The topological polar surface area (TPSA) is 38.8 Å². The van der Waals surface area contributed by atoms with Gasteiger partial charge in [0.2, 0.25) is 5.91 Å². The van der Waals surface area contributed by atoms with E-state index in [0.717, 1.165) is 6.42 Å². The molecule has 0 radical (unpaired) electrons. The van der Waals surface area contributed by atoms with Crippen LogP contribution in [0.25, 0.3) is 0 Å². The van der Waals surface area contributed by atoms with E-state index in [9.17, 15) is 9.18 Å².